The van der Waals surface area contributed by atoms with Gasteiger partial charge in [-0.2, -0.15) is 0 Å². The number of benzene rings is 3. The summed E-state index contributed by atoms with van der Waals surface area (Å²) in [6.07, 6.45) is -4.01. The Labute approximate surface area is 204 Å². The minimum atomic E-state index is -0.787. The Morgan fingerprint density at radius 1 is 0.857 bits per heavy atom. The predicted molar refractivity (Wildman–Crippen MR) is 126 cm³/mol. The molecular weight excluding hydrogens is 448 g/mol. The van der Waals surface area contributed by atoms with Crippen LogP contribution < -0.4 is 0 Å². The fourth-order valence-corrected chi connectivity index (χ4v) is 4.36. The highest BCUT2D eigenvalue weighted by molar-refractivity contribution is 5.89. The molecule has 2 fully saturated rings. The highest BCUT2D eigenvalue weighted by Crippen LogP contribution is 2.37. The molecule has 0 spiro atoms. The number of carbonyl (C=O) groups excluding carboxylic acids is 1. The Hall–Kier alpha value is -3.07. The molecule has 0 radical (unpaired) electrons. The lowest BCUT2D eigenvalue weighted by Crippen LogP contribution is -2.63. The monoisotopic (exact) mass is 476 g/mol. The van der Waals surface area contributed by atoms with Gasteiger partial charge in [0.15, 0.2) is 18.7 Å². The highest BCUT2D eigenvalue weighted by Gasteiger charge is 2.53. The third-order valence-corrected chi connectivity index (χ3v) is 6.13. The van der Waals surface area contributed by atoms with Crippen LogP contribution in [-0.2, 0) is 35.0 Å². The van der Waals surface area contributed by atoms with Crippen molar-refractivity contribution < 1.29 is 33.2 Å². The van der Waals surface area contributed by atoms with Crippen LogP contribution >= 0.6 is 0 Å². The Morgan fingerprint density at radius 3 is 2.20 bits per heavy atom. The zero-order valence-electron chi connectivity index (χ0n) is 19.4. The summed E-state index contributed by atoms with van der Waals surface area (Å²) >= 11 is 0. The Kier molecular flexibility index (Phi) is 7.51. The largest absolute Gasteiger partial charge is 0.453 e. The average molecular weight is 477 g/mol. The lowest BCUT2D eigenvalue weighted by molar-refractivity contribution is -0.362. The summed E-state index contributed by atoms with van der Waals surface area (Å²) in [5.41, 5.74) is 2.29. The molecule has 3 aromatic carbocycles. The zero-order valence-corrected chi connectivity index (χ0v) is 19.4. The van der Waals surface area contributed by atoms with Gasteiger partial charge < -0.3 is 28.4 Å². The first kappa shape index (κ1) is 23.7. The third kappa shape index (κ3) is 5.45. The quantitative estimate of drug-likeness (QED) is 0.471. The van der Waals surface area contributed by atoms with Crippen LogP contribution in [0.5, 0.6) is 0 Å². The van der Waals surface area contributed by atoms with Crippen molar-refractivity contribution in [2.75, 3.05) is 13.7 Å². The molecule has 0 saturated carbocycles. The van der Waals surface area contributed by atoms with E-state index in [0.717, 1.165) is 11.1 Å². The summed E-state index contributed by atoms with van der Waals surface area (Å²) in [4.78, 5) is 13.1. The van der Waals surface area contributed by atoms with Crippen molar-refractivity contribution in [3.05, 3.63) is 108 Å². The summed E-state index contributed by atoms with van der Waals surface area (Å²) in [5, 5.41) is 0. The number of hydrogen-bond donors (Lipinski definition) is 0. The van der Waals surface area contributed by atoms with Crippen molar-refractivity contribution >= 4 is 5.97 Å². The minimum absolute atomic E-state index is 0.259. The van der Waals surface area contributed by atoms with Crippen LogP contribution in [0.3, 0.4) is 0 Å². The van der Waals surface area contributed by atoms with Crippen molar-refractivity contribution in [2.24, 2.45) is 0 Å². The Morgan fingerprint density at radius 2 is 1.51 bits per heavy atom. The molecule has 0 amide bonds. The molecule has 7 heteroatoms. The van der Waals surface area contributed by atoms with Crippen LogP contribution in [0.4, 0.5) is 0 Å². The summed E-state index contributed by atoms with van der Waals surface area (Å²) in [6, 6.07) is 28.3. The van der Waals surface area contributed by atoms with Gasteiger partial charge in [-0.1, -0.05) is 78.9 Å². The number of esters is 1. The molecule has 0 aliphatic carbocycles. The second-order valence-corrected chi connectivity index (χ2v) is 8.45. The molecule has 2 saturated heterocycles. The van der Waals surface area contributed by atoms with Gasteiger partial charge in [-0.3, -0.25) is 0 Å². The first-order valence-electron chi connectivity index (χ1n) is 11.6. The van der Waals surface area contributed by atoms with E-state index < -0.39 is 43.0 Å². The van der Waals surface area contributed by atoms with Gasteiger partial charge in [0, 0.05) is 12.7 Å². The number of ether oxygens (including phenoxy) is 6. The summed E-state index contributed by atoms with van der Waals surface area (Å²) < 4.78 is 36.4. The lowest BCUT2D eigenvalue weighted by atomic mass is 9.97. The molecule has 7 nitrogen and oxygen atoms in total. The predicted octanol–water partition coefficient (Wildman–Crippen LogP) is 4.28. The van der Waals surface area contributed by atoms with E-state index in [1.807, 2.05) is 66.7 Å². The van der Waals surface area contributed by atoms with Crippen LogP contribution in [0.25, 0.3) is 0 Å². The second-order valence-electron chi connectivity index (χ2n) is 8.45. The van der Waals surface area contributed by atoms with E-state index in [2.05, 4.69) is 0 Å². The molecule has 6 atom stereocenters. The minimum Gasteiger partial charge on any atom is -0.453 e. The maximum Gasteiger partial charge on any atom is 0.338 e. The summed E-state index contributed by atoms with van der Waals surface area (Å²) in [6.45, 7) is 0.555. The number of hydrogen-bond acceptors (Lipinski definition) is 7. The molecule has 2 heterocycles. The fraction of sp³-hybridized carbons (Fsp3) is 0.321. The normalized spacial score (nSPS) is 28.1. The number of carbonyl (C=O) groups is 1. The third-order valence-electron chi connectivity index (χ3n) is 6.13. The second kappa shape index (κ2) is 11.1. The first-order chi connectivity index (χ1) is 17.2. The van der Waals surface area contributed by atoms with Crippen molar-refractivity contribution in [2.45, 2.75) is 43.6 Å². The van der Waals surface area contributed by atoms with Crippen LogP contribution in [0, 0.1) is 0 Å². The van der Waals surface area contributed by atoms with Gasteiger partial charge in [0.05, 0.1) is 18.8 Å². The number of rotatable bonds is 7. The van der Waals surface area contributed by atoms with Gasteiger partial charge >= 0.3 is 5.97 Å². The van der Waals surface area contributed by atoms with Crippen LogP contribution in [0.2, 0.25) is 0 Å². The van der Waals surface area contributed by atoms with Gasteiger partial charge in [0.25, 0.3) is 0 Å². The number of methoxy groups -OCH3 is 1. The van der Waals surface area contributed by atoms with Crippen molar-refractivity contribution in [1.82, 2.24) is 0 Å². The smallest absolute Gasteiger partial charge is 0.338 e. The Balaban J connectivity index is 1.42. The lowest BCUT2D eigenvalue weighted by Gasteiger charge is -2.48. The maximum atomic E-state index is 13.1. The maximum absolute atomic E-state index is 13.1. The molecular formula is C28H28O7. The molecule has 2 aliphatic heterocycles. The van der Waals surface area contributed by atoms with E-state index in [-0.39, 0.29) is 6.61 Å². The van der Waals surface area contributed by atoms with E-state index in [1.165, 1.54) is 7.11 Å². The molecule has 35 heavy (non-hydrogen) atoms. The van der Waals surface area contributed by atoms with Crippen LogP contribution in [0.1, 0.15) is 27.8 Å². The summed E-state index contributed by atoms with van der Waals surface area (Å²) in [7, 11) is 1.54. The molecule has 182 valence electrons. The standard InChI is InChI=1S/C28H28O7/c1-30-28-25(31-17-19-11-5-2-6-12-19)24(34-26(29)20-13-7-3-8-14-20)23-22(33-28)18-32-27(35-23)21-15-9-4-10-16-21/h2-16,22-25,27-28H,17-18H2,1H3/t22-,23-,24+,25-,27-,28+/m1/s1. The van der Waals surface area contributed by atoms with Gasteiger partial charge in [-0.25, -0.2) is 4.79 Å². The van der Waals surface area contributed by atoms with Crippen molar-refractivity contribution in [3.63, 3.8) is 0 Å². The van der Waals surface area contributed by atoms with E-state index in [0.29, 0.717) is 12.2 Å². The van der Waals surface area contributed by atoms with E-state index in [1.54, 1.807) is 24.3 Å². The van der Waals surface area contributed by atoms with Gasteiger partial charge in [0.1, 0.15) is 18.3 Å². The number of fused-ring (bicyclic) bond motifs is 1. The fourth-order valence-electron chi connectivity index (χ4n) is 4.36. The zero-order chi connectivity index (χ0) is 24.0. The topological polar surface area (TPSA) is 72.5 Å². The van der Waals surface area contributed by atoms with Gasteiger partial charge in [0.2, 0.25) is 0 Å². The SMILES string of the molecule is CO[C@H]1O[C@@H]2CO[C@@H](c3ccccc3)O[C@H]2[C@H](OC(=O)c2ccccc2)[C@H]1OCc1ccccc1. The molecule has 0 unspecified atom stereocenters. The van der Waals surface area contributed by atoms with E-state index in [9.17, 15) is 4.79 Å². The molecule has 0 aromatic heterocycles. The van der Waals surface area contributed by atoms with Crippen LogP contribution in [0.15, 0.2) is 91.0 Å². The van der Waals surface area contributed by atoms with Crippen molar-refractivity contribution in [3.8, 4) is 0 Å². The van der Waals surface area contributed by atoms with E-state index in [4.69, 9.17) is 28.4 Å². The van der Waals surface area contributed by atoms with Gasteiger partial charge in [-0.15, -0.1) is 0 Å². The highest BCUT2D eigenvalue weighted by atomic mass is 16.8. The summed E-state index contributed by atoms with van der Waals surface area (Å²) in [5.74, 6) is -0.467. The van der Waals surface area contributed by atoms with Crippen molar-refractivity contribution in [1.29, 1.82) is 0 Å². The van der Waals surface area contributed by atoms with Crippen LogP contribution in [-0.4, -0.2) is 50.4 Å². The molecule has 5 rings (SSSR count). The van der Waals surface area contributed by atoms with E-state index >= 15 is 0 Å². The first-order valence-corrected chi connectivity index (χ1v) is 11.6. The molecule has 0 N–H and O–H groups in total. The molecule has 0 bridgehead atoms. The average Bonchev–Trinajstić information content (AvgIpc) is 2.93. The van der Waals surface area contributed by atoms with Gasteiger partial charge in [-0.05, 0) is 17.7 Å². The molecule has 3 aromatic rings. The molecule has 2 aliphatic rings. The Bertz CT molecular complexity index is 1070.